The summed E-state index contributed by atoms with van der Waals surface area (Å²) >= 11 is 1.44. The van der Waals surface area contributed by atoms with Crippen LogP contribution in [-0.4, -0.2) is 18.1 Å². The number of methoxy groups -OCH3 is 1. The van der Waals surface area contributed by atoms with E-state index in [9.17, 15) is 9.90 Å². The Balaban J connectivity index is 1.71. The van der Waals surface area contributed by atoms with Crippen LogP contribution in [0.25, 0.3) is 0 Å². The summed E-state index contributed by atoms with van der Waals surface area (Å²) in [6.07, 6.45) is 0. The van der Waals surface area contributed by atoms with Crippen molar-refractivity contribution >= 4 is 29.0 Å². The molecule has 26 heavy (non-hydrogen) atoms. The number of amides is 1. The molecule has 6 heteroatoms. The van der Waals surface area contributed by atoms with Crippen molar-refractivity contribution in [2.24, 2.45) is 0 Å². The normalized spacial score (nSPS) is 10.3. The quantitative estimate of drug-likeness (QED) is 0.583. The first-order valence-corrected chi connectivity index (χ1v) is 8.68. The van der Waals surface area contributed by atoms with Crippen molar-refractivity contribution in [3.63, 3.8) is 0 Å². The highest BCUT2D eigenvalue weighted by molar-refractivity contribution is 7.99. The van der Waals surface area contributed by atoms with E-state index >= 15 is 0 Å². The molecular formula is C20H18N2O3S. The first kappa shape index (κ1) is 17.7. The van der Waals surface area contributed by atoms with Gasteiger partial charge < -0.3 is 20.9 Å². The Hall–Kier alpha value is -3.12. The first-order chi connectivity index (χ1) is 12.5. The summed E-state index contributed by atoms with van der Waals surface area (Å²) in [6, 6.07) is 19.2. The van der Waals surface area contributed by atoms with E-state index in [2.05, 4.69) is 5.32 Å². The van der Waals surface area contributed by atoms with E-state index in [0.717, 1.165) is 9.79 Å². The lowest BCUT2D eigenvalue weighted by Crippen LogP contribution is -2.12. The van der Waals surface area contributed by atoms with Crippen LogP contribution >= 0.6 is 11.8 Å². The molecule has 3 rings (SSSR count). The number of ether oxygens (including phenoxy) is 1. The number of rotatable bonds is 5. The van der Waals surface area contributed by atoms with Crippen molar-refractivity contribution < 1.29 is 14.6 Å². The van der Waals surface area contributed by atoms with Crippen molar-refractivity contribution in [1.82, 2.24) is 0 Å². The Bertz CT molecular complexity index is 927. The van der Waals surface area contributed by atoms with E-state index in [1.807, 2.05) is 12.1 Å². The minimum absolute atomic E-state index is 0.206. The molecule has 0 fully saturated rings. The zero-order valence-electron chi connectivity index (χ0n) is 14.1. The Morgan fingerprint density at radius 2 is 1.85 bits per heavy atom. The minimum atomic E-state index is -0.222. The van der Waals surface area contributed by atoms with Gasteiger partial charge in [-0.2, -0.15) is 0 Å². The molecule has 0 aromatic heterocycles. The molecule has 0 heterocycles. The molecule has 0 atom stereocenters. The molecule has 5 nitrogen and oxygen atoms in total. The highest BCUT2D eigenvalue weighted by Crippen LogP contribution is 2.34. The molecule has 3 aromatic rings. The maximum Gasteiger partial charge on any atom is 0.255 e. The van der Waals surface area contributed by atoms with Gasteiger partial charge in [0.25, 0.3) is 5.91 Å². The molecule has 0 unspecified atom stereocenters. The van der Waals surface area contributed by atoms with E-state index in [0.29, 0.717) is 22.7 Å². The van der Waals surface area contributed by atoms with Crippen LogP contribution in [-0.2, 0) is 0 Å². The molecule has 4 N–H and O–H groups in total. The van der Waals surface area contributed by atoms with Crippen LogP contribution in [0.4, 0.5) is 11.4 Å². The fourth-order valence-corrected chi connectivity index (χ4v) is 3.23. The van der Waals surface area contributed by atoms with Crippen molar-refractivity contribution in [3.05, 3.63) is 72.3 Å². The van der Waals surface area contributed by atoms with Crippen LogP contribution in [0.15, 0.2) is 76.5 Å². The molecule has 1 amide bonds. The van der Waals surface area contributed by atoms with Gasteiger partial charge in [0, 0.05) is 26.7 Å². The Morgan fingerprint density at radius 1 is 1.08 bits per heavy atom. The SMILES string of the molecule is COc1ccc(C(=O)Nc2ccc(Sc3cccc(O)c3)c(N)c2)cc1. The van der Waals surface area contributed by atoms with E-state index in [4.69, 9.17) is 10.5 Å². The lowest BCUT2D eigenvalue weighted by Gasteiger charge is -2.10. The average molecular weight is 366 g/mol. The number of aromatic hydroxyl groups is 1. The zero-order chi connectivity index (χ0) is 18.5. The van der Waals surface area contributed by atoms with Gasteiger partial charge in [-0.3, -0.25) is 4.79 Å². The van der Waals surface area contributed by atoms with Crippen LogP contribution in [0.5, 0.6) is 11.5 Å². The summed E-state index contributed by atoms with van der Waals surface area (Å²) in [4.78, 5) is 14.0. The van der Waals surface area contributed by atoms with Gasteiger partial charge in [0.15, 0.2) is 0 Å². The molecule has 132 valence electrons. The predicted octanol–water partition coefficient (Wildman–Crippen LogP) is 4.39. The van der Waals surface area contributed by atoms with Crippen LogP contribution < -0.4 is 15.8 Å². The number of carbonyl (C=O) groups excluding carboxylic acids is 1. The second-order valence-corrected chi connectivity index (χ2v) is 6.65. The van der Waals surface area contributed by atoms with Gasteiger partial charge in [0.05, 0.1) is 7.11 Å². The number of nitrogens with one attached hydrogen (secondary N) is 1. The molecule has 0 aliphatic rings. The van der Waals surface area contributed by atoms with Crippen LogP contribution in [0, 0.1) is 0 Å². The van der Waals surface area contributed by atoms with Gasteiger partial charge in [-0.1, -0.05) is 17.8 Å². The third kappa shape index (κ3) is 4.29. The second-order valence-electron chi connectivity index (χ2n) is 5.53. The fourth-order valence-electron chi connectivity index (χ4n) is 2.34. The third-order valence-electron chi connectivity index (χ3n) is 3.67. The van der Waals surface area contributed by atoms with Crippen molar-refractivity contribution in [2.45, 2.75) is 9.79 Å². The molecule has 0 saturated carbocycles. The summed E-state index contributed by atoms with van der Waals surface area (Å²) in [5.41, 5.74) is 7.80. The van der Waals surface area contributed by atoms with E-state index < -0.39 is 0 Å². The fraction of sp³-hybridized carbons (Fsp3) is 0.0500. The second kappa shape index (κ2) is 7.84. The number of hydrogen-bond acceptors (Lipinski definition) is 5. The van der Waals surface area contributed by atoms with Crippen molar-refractivity contribution in [3.8, 4) is 11.5 Å². The molecule has 0 aliphatic carbocycles. The Morgan fingerprint density at radius 3 is 2.50 bits per heavy atom. The van der Waals surface area contributed by atoms with E-state index in [1.165, 1.54) is 11.8 Å². The van der Waals surface area contributed by atoms with Gasteiger partial charge >= 0.3 is 0 Å². The predicted molar refractivity (Wildman–Crippen MR) is 104 cm³/mol. The number of nitrogens with two attached hydrogens (primary N) is 1. The average Bonchev–Trinajstić information content (AvgIpc) is 2.64. The molecular weight excluding hydrogens is 348 g/mol. The summed E-state index contributed by atoms with van der Waals surface area (Å²) in [5.74, 6) is 0.677. The first-order valence-electron chi connectivity index (χ1n) is 7.87. The number of phenols is 1. The summed E-state index contributed by atoms with van der Waals surface area (Å²) in [7, 11) is 1.58. The molecule has 3 aromatic carbocycles. The lowest BCUT2D eigenvalue weighted by atomic mass is 10.2. The third-order valence-corrected chi connectivity index (χ3v) is 4.75. The summed E-state index contributed by atoms with van der Waals surface area (Å²) < 4.78 is 5.09. The molecule has 0 spiro atoms. The lowest BCUT2D eigenvalue weighted by molar-refractivity contribution is 0.102. The van der Waals surface area contributed by atoms with Gasteiger partial charge in [-0.15, -0.1) is 0 Å². The monoisotopic (exact) mass is 366 g/mol. The molecule has 0 radical (unpaired) electrons. The summed E-state index contributed by atoms with van der Waals surface area (Å²) in [5, 5.41) is 12.4. The largest absolute Gasteiger partial charge is 0.508 e. The minimum Gasteiger partial charge on any atom is -0.508 e. The van der Waals surface area contributed by atoms with Gasteiger partial charge in [0.1, 0.15) is 11.5 Å². The Labute approximate surface area is 155 Å². The zero-order valence-corrected chi connectivity index (χ0v) is 14.9. The maximum absolute atomic E-state index is 12.3. The maximum atomic E-state index is 12.3. The number of phenolic OH excluding ortho intramolecular Hbond substituents is 1. The topological polar surface area (TPSA) is 84.6 Å². The number of hydrogen-bond donors (Lipinski definition) is 3. The number of carbonyl (C=O) groups is 1. The van der Waals surface area contributed by atoms with Gasteiger partial charge in [-0.05, 0) is 60.7 Å². The highest BCUT2D eigenvalue weighted by atomic mass is 32.2. The number of anilines is 2. The molecule has 0 aliphatic heterocycles. The highest BCUT2D eigenvalue weighted by Gasteiger charge is 2.09. The van der Waals surface area contributed by atoms with Gasteiger partial charge in [-0.25, -0.2) is 0 Å². The van der Waals surface area contributed by atoms with Gasteiger partial charge in [0.2, 0.25) is 0 Å². The van der Waals surface area contributed by atoms with Crippen LogP contribution in [0.3, 0.4) is 0 Å². The smallest absolute Gasteiger partial charge is 0.255 e. The number of benzene rings is 3. The van der Waals surface area contributed by atoms with E-state index in [1.54, 1.807) is 61.7 Å². The van der Waals surface area contributed by atoms with Crippen molar-refractivity contribution in [1.29, 1.82) is 0 Å². The van der Waals surface area contributed by atoms with Crippen LogP contribution in [0.1, 0.15) is 10.4 Å². The summed E-state index contributed by atoms with van der Waals surface area (Å²) in [6.45, 7) is 0. The Kier molecular flexibility index (Phi) is 5.34. The van der Waals surface area contributed by atoms with E-state index in [-0.39, 0.29) is 11.7 Å². The molecule has 0 bridgehead atoms. The van der Waals surface area contributed by atoms with Crippen molar-refractivity contribution in [2.75, 3.05) is 18.2 Å². The standard InChI is InChI=1S/C20H18N2O3S/c1-25-16-8-5-13(6-9-16)20(24)22-14-7-10-19(18(21)11-14)26-17-4-2-3-15(23)12-17/h2-12,23H,21H2,1H3,(H,22,24). The number of nitrogen functional groups attached to an aromatic ring is 1. The molecule has 0 saturated heterocycles. The van der Waals surface area contributed by atoms with Crippen LogP contribution in [0.2, 0.25) is 0 Å².